The first kappa shape index (κ1) is 17.1. The van der Waals surface area contributed by atoms with Gasteiger partial charge in [0.1, 0.15) is 0 Å². The van der Waals surface area contributed by atoms with Crippen LogP contribution in [0.5, 0.6) is 0 Å². The molecule has 0 N–H and O–H groups in total. The second-order valence-electron chi connectivity index (χ2n) is 4.93. The lowest BCUT2D eigenvalue weighted by atomic mass is 9.91. The number of rotatable bonds is 8. The van der Waals surface area contributed by atoms with Crippen LogP contribution in [0.25, 0.3) is 0 Å². The standard InChI is InChI=1S/C16H25NO2S/c1-4-17(5-2)12-11-16(20,13-15(18)19-3)14-9-7-6-8-10-14/h6-10,20H,4-5,11-13H2,1-3H3. The number of hydrogen-bond acceptors (Lipinski definition) is 4. The summed E-state index contributed by atoms with van der Waals surface area (Å²) in [7, 11) is 1.42. The Kier molecular flexibility index (Phi) is 7.10. The molecule has 0 amide bonds. The average molecular weight is 295 g/mol. The van der Waals surface area contributed by atoms with Crippen LogP contribution >= 0.6 is 12.6 Å². The normalized spacial score (nSPS) is 14.1. The van der Waals surface area contributed by atoms with Crippen molar-refractivity contribution in [2.45, 2.75) is 31.4 Å². The third kappa shape index (κ3) is 4.84. The third-order valence-corrected chi connectivity index (χ3v) is 4.35. The van der Waals surface area contributed by atoms with Crippen LogP contribution < -0.4 is 0 Å². The molecule has 0 fully saturated rings. The molecule has 20 heavy (non-hydrogen) atoms. The van der Waals surface area contributed by atoms with Gasteiger partial charge in [-0.15, -0.1) is 0 Å². The number of esters is 1. The maximum absolute atomic E-state index is 11.7. The third-order valence-electron chi connectivity index (χ3n) is 3.71. The number of methoxy groups -OCH3 is 1. The van der Waals surface area contributed by atoms with Crippen LogP contribution in [-0.4, -0.2) is 37.6 Å². The monoisotopic (exact) mass is 295 g/mol. The summed E-state index contributed by atoms with van der Waals surface area (Å²) >= 11 is 4.83. The summed E-state index contributed by atoms with van der Waals surface area (Å²) in [5.74, 6) is -0.219. The molecule has 0 heterocycles. The molecule has 1 rings (SSSR count). The Hall–Kier alpha value is -1.00. The predicted molar refractivity (Wildman–Crippen MR) is 86.1 cm³/mol. The van der Waals surface area contributed by atoms with Gasteiger partial charge < -0.3 is 9.64 Å². The topological polar surface area (TPSA) is 29.5 Å². The van der Waals surface area contributed by atoms with E-state index in [1.807, 2.05) is 30.3 Å². The van der Waals surface area contributed by atoms with Crippen LogP contribution in [0, 0.1) is 0 Å². The van der Waals surface area contributed by atoms with Crippen molar-refractivity contribution in [3.8, 4) is 0 Å². The van der Waals surface area contributed by atoms with Crippen molar-refractivity contribution in [2.24, 2.45) is 0 Å². The zero-order chi connectivity index (χ0) is 15.0. The van der Waals surface area contributed by atoms with E-state index in [0.29, 0.717) is 0 Å². The van der Waals surface area contributed by atoms with E-state index in [9.17, 15) is 4.79 Å². The molecule has 0 saturated heterocycles. The Morgan fingerprint density at radius 1 is 1.25 bits per heavy atom. The van der Waals surface area contributed by atoms with Crippen LogP contribution in [0.1, 0.15) is 32.3 Å². The molecule has 0 radical (unpaired) electrons. The Morgan fingerprint density at radius 3 is 2.35 bits per heavy atom. The first-order chi connectivity index (χ1) is 9.55. The average Bonchev–Trinajstić information content (AvgIpc) is 2.49. The lowest BCUT2D eigenvalue weighted by molar-refractivity contribution is -0.141. The Bertz CT molecular complexity index is 406. The molecular formula is C16H25NO2S. The van der Waals surface area contributed by atoms with Gasteiger partial charge in [-0.05, 0) is 31.6 Å². The molecule has 1 atom stereocenters. The highest BCUT2D eigenvalue weighted by Crippen LogP contribution is 2.36. The molecule has 1 unspecified atom stereocenters. The van der Waals surface area contributed by atoms with Gasteiger partial charge in [0.25, 0.3) is 0 Å². The number of carbonyl (C=O) groups excluding carboxylic acids is 1. The van der Waals surface area contributed by atoms with Crippen LogP contribution in [0.3, 0.4) is 0 Å². The van der Waals surface area contributed by atoms with Crippen LogP contribution in [-0.2, 0) is 14.3 Å². The van der Waals surface area contributed by atoms with Gasteiger partial charge in [0.05, 0.1) is 13.5 Å². The molecule has 0 aliphatic rings. The lowest BCUT2D eigenvalue weighted by Crippen LogP contribution is -2.32. The second kappa shape index (κ2) is 8.32. The molecule has 112 valence electrons. The van der Waals surface area contributed by atoms with E-state index < -0.39 is 4.75 Å². The van der Waals surface area contributed by atoms with Crippen molar-refractivity contribution in [3.63, 3.8) is 0 Å². The maximum Gasteiger partial charge on any atom is 0.307 e. The lowest BCUT2D eigenvalue weighted by Gasteiger charge is -2.31. The van der Waals surface area contributed by atoms with Crippen LogP contribution in [0.4, 0.5) is 0 Å². The predicted octanol–water partition coefficient (Wildman–Crippen LogP) is 3.11. The van der Waals surface area contributed by atoms with Gasteiger partial charge in [-0.2, -0.15) is 12.6 Å². The first-order valence-corrected chi connectivity index (χ1v) is 7.57. The largest absolute Gasteiger partial charge is 0.469 e. The summed E-state index contributed by atoms with van der Waals surface area (Å²) in [5, 5.41) is 0. The molecule has 3 nitrogen and oxygen atoms in total. The molecular weight excluding hydrogens is 270 g/mol. The summed E-state index contributed by atoms with van der Waals surface area (Å²) in [6, 6.07) is 9.99. The smallest absolute Gasteiger partial charge is 0.307 e. The number of nitrogens with zero attached hydrogens (tertiary/aromatic N) is 1. The van der Waals surface area contributed by atoms with Gasteiger partial charge in [0, 0.05) is 4.75 Å². The molecule has 0 aliphatic heterocycles. The SMILES string of the molecule is CCN(CC)CCC(S)(CC(=O)OC)c1ccccc1. The highest BCUT2D eigenvalue weighted by atomic mass is 32.1. The molecule has 1 aromatic carbocycles. The van der Waals surface area contributed by atoms with Gasteiger partial charge in [-0.1, -0.05) is 44.2 Å². The van der Waals surface area contributed by atoms with Gasteiger partial charge in [0.15, 0.2) is 0 Å². The summed E-state index contributed by atoms with van der Waals surface area (Å²) in [4.78, 5) is 14.0. The number of carbonyl (C=O) groups is 1. The molecule has 1 aromatic rings. The minimum absolute atomic E-state index is 0.219. The second-order valence-corrected chi connectivity index (χ2v) is 5.78. The molecule has 0 aliphatic carbocycles. The Morgan fingerprint density at radius 2 is 1.85 bits per heavy atom. The first-order valence-electron chi connectivity index (χ1n) is 7.12. The summed E-state index contributed by atoms with van der Waals surface area (Å²) in [5.41, 5.74) is 1.07. The van der Waals surface area contributed by atoms with Gasteiger partial charge in [-0.3, -0.25) is 4.79 Å². The van der Waals surface area contributed by atoms with E-state index in [4.69, 9.17) is 17.4 Å². The zero-order valence-electron chi connectivity index (χ0n) is 12.6. The van der Waals surface area contributed by atoms with Crippen molar-refractivity contribution in [1.82, 2.24) is 4.90 Å². The molecule has 0 aromatic heterocycles. The molecule has 0 spiro atoms. The van der Waals surface area contributed by atoms with Crippen molar-refractivity contribution in [2.75, 3.05) is 26.7 Å². The van der Waals surface area contributed by atoms with Gasteiger partial charge >= 0.3 is 5.97 Å². The zero-order valence-corrected chi connectivity index (χ0v) is 13.5. The van der Waals surface area contributed by atoms with Crippen molar-refractivity contribution >= 4 is 18.6 Å². The number of ether oxygens (including phenoxy) is 1. The molecule has 0 saturated carbocycles. The van der Waals surface area contributed by atoms with Gasteiger partial charge in [0.2, 0.25) is 0 Å². The van der Waals surface area contributed by atoms with Crippen LogP contribution in [0.15, 0.2) is 30.3 Å². The molecule has 0 bridgehead atoms. The minimum Gasteiger partial charge on any atom is -0.469 e. The summed E-state index contributed by atoms with van der Waals surface area (Å²) < 4.78 is 4.35. The van der Waals surface area contributed by atoms with Crippen molar-refractivity contribution < 1.29 is 9.53 Å². The number of benzene rings is 1. The summed E-state index contributed by atoms with van der Waals surface area (Å²) in [6.45, 7) is 7.22. The maximum atomic E-state index is 11.7. The highest BCUT2D eigenvalue weighted by Gasteiger charge is 2.31. The van der Waals surface area contributed by atoms with E-state index >= 15 is 0 Å². The van der Waals surface area contributed by atoms with E-state index in [1.165, 1.54) is 7.11 Å². The fraction of sp³-hybridized carbons (Fsp3) is 0.562. The highest BCUT2D eigenvalue weighted by molar-refractivity contribution is 7.81. The van der Waals surface area contributed by atoms with Crippen molar-refractivity contribution in [3.05, 3.63) is 35.9 Å². The van der Waals surface area contributed by atoms with E-state index in [1.54, 1.807) is 0 Å². The van der Waals surface area contributed by atoms with E-state index in [0.717, 1.165) is 31.6 Å². The summed E-state index contributed by atoms with van der Waals surface area (Å²) in [6.07, 6.45) is 1.11. The van der Waals surface area contributed by atoms with E-state index in [2.05, 4.69) is 18.7 Å². The van der Waals surface area contributed by atoms with Crippen LogP contribution in [0.2, 0.25) is 0 Å². The van der Waals surface area contributed by atoms with Crippen molar-refractivity contribution in [1.29, 1.82) is 0 Å². The van der Waals surface area contributed by atoms with E-state index in [-0.39, 0.29) is 12.4 Å². The number of hydrogen-bond donors (Lipinski definition) is 1. The molecule has 4 heteroatoms. The Labute approximate surface area is 127 Å². The minimum atomic E-state index is -0.475. The fourth-order valence-electron chi connectivity index (χ4n) is 2.28. The fourth-order valence-corrected chi connectivity index (χ4v) is 2.66. The van der Waals surface area contributed by atoms with Gasteiger partial charge in [-0.25, -0.2) is 0 Å². The quantitative estimate of drug-likeness (QED) is 0.590. The Balaban J connectivity index is 2.87. The number of thiol groups is 1.